The summed E-state index contributed by atoms with van der Waals surface area (Å²) in [5, 5.41) is 0. The Bertz CT molecular complexity index is 745. The Balaban J connectivity index is 2.17. The first kappa shape index (κ1) is 15.6. The molecule has 0 amide bonds. The molecule has 0 heterocycles. The van der Waals surface area contributed by atoms with Gasteiger partial charge in [-0.2, -0.15) is 0 Å². The lowest BCUT2D eigenvalue weighted by Gasteiger charge is -2.09. The maximum Gasteiger partial charge on any atom is 0.240 e. The van der Waals surface area contributed by atoms with Gasteiger partial charge in [-0.1, -0.05) is 18.2 Å². The van der Waals surface area contributed by atoms with Crippen LogP contribution in [0.4, 0.5) is 4.39 Å². The van der Waals surface area contributed by atoms with Gasteiger partial charge in [0, 0.05) is 13.1 Å². The van der Waals surface area contributed by atoms with Crippen molar-refractivity contribution in [3.63, 3.8) is 0 Å². The Hall–Kier alpha value is -1.76. The van der Waals surface area contributed by atoms with Crippen molar-refractivity contribution in [1.82, 2.24) is 4.72 Å². The minimum absolute atomic E-state index is 0.0395. The molecule has 6 heteroatoms. The van der Waals surface area contributed by atoms with E-state index in [1.54, 1.807) is 24.3 Å². The molecular weight excluding hydrogens is 291 g/mol. The largest absolute Gasteiger partial charge is 0.326 e. The summed E-state index contributed by atoms with van der Waals surface area (Å²) in [5.41, 5.74) is 7.85. The zero-order chi connectivity index (χ0) is 15.5. The summed E-state index contributed by atoms with van der Waals surface area (Å²) in [5.74, 6) is -0.394. The molecular formula is C15H17FN2O2S. The Morgan fingerprint density at radius 1 is 1.19 bits per heavy atom. The summed E-state index contributed by atoms with van der Waals surface area (Å²) in [6.45, 7) is 2.22. The number of rotatable bonds is 5. The van der Waals surface area contributed by atoms with Crippen LogP contribution in [0.15, 0.2) is 47.4 Å². The molecule has 0 atom stereocenters. The Morgan fingerprint density at radius 2 is 1.95 bits per heavy atom. The first-order chi connectivity index (χ1) is 9.92. The van der Waals surface area contributed by atoms with Crippen LogP contribution >= 0.6 is 0 Å². The van der Waals surface area contributed by atoms with E-state index in [9.17, 15) is 12.8 Å². The van der Waals surface area contributed by atoms with Crippen LogP contribution in [-0.4, -0.2) is 8.42 Å². The summed E-state index contributed by atoms with van der Waals surface area (Å²) in [6, 6.07) is 10.6. The van der Waals surface area contributed by atoms with Crippen LogP contribution in [-0.2, 0) is 23.1 Å². The van der Waals surface area contributed by atoms with Gasteiger partial charge < -0.3 is 5.73 Å². The third-order valence-electron chi connectivity index (χ3n) is 3.20. The third-order valence-corrected chi connectivity index (χ3v) is 4.60. The molecule has 0 aliphatic heterocycles. The van der Waals surface area contributed by atoms with Crippen LogP contribution in [0, 0.1) is 12.7 Å². The van der Waals surface area contributed by atoms with Gasteiger partial charge in [-0.25, -0.2) is 17.5 Å². The van der Waals surface area contributed by atoms with E-state index in [0.29, 0.717) is 12.1 Å². The molecule has 4 nitrogen and oxygen atoms in total. The second-order valence-corrected chi connectivity index (χ2v) is 6.51. The molecule has 0 saturated carbocycles. The van der Waals surface area contributed by atoms with E-state index in [-0.39, 0.29) is 11.4 Å². The van der Waals surface area contributed by atoms with Crippen molar-refractivity contribution >= 4 is 10.0 Å². The SMILES string of the molecule is Cc1cc(S(=O)(=O)NCc2cccc(F)c2)ccc1CN. The van der Waals surface area contributed by atoms with Gasteiger partial charge in [0.15, 0.2) is 0 Å². The molecule has 3 N–H and O–H groups in total. The van der Waals surface area contributed by atoms with Crippen molar-refractivity contribution in [2.45, 2.75) is 24.9 Å². The molecule has 0 radical (unpaired) electrons. The highest BCUT2D eigenvalue weighted by Crippen LogP contribution is 2.15. The lowest BCUT2D eigenvalue weighted by atomic mass is 10.1. The highest BCUT2D eigenvalue weighted by atomic mass is 32.2. The van der Waals surface area contributed by atoms with E-state index in [1.165, 1.54) is 18.2 Å². The lowest BCUT2D eigenvalue weighted by molar-refractivity contribution is 0.580. The van der Waals surface area contributed by atoms with Crippen LogP contribution in [0.25, 0.3) is 0 Å². The van der Waals surface area contributed by atoms with E-state index in [2.05, 4.69) is 4.72 Å². The Kier molecular flexibility index (Phi) is 4.72. The molecule has 0 spiro atoms. The number of hydrogen-bond acceptors (Lipinski definition) is 3. The van der Waals surface area contributed by atoms with Crippen molar-refractivity contribution in [1.29, 1.82) is 0 Å². The zero-order valence-corrected chi connectivity index (χ0v) is 12.5. The summed E-state index contributed by atoms with van der Waals surface area (Å²) in [6.07, 6.45) is 0. The molecule has 0 aliphatic rings. The number of hydrogen-bond donors (Lipinski definition) is 2. The van der Waals surface area contributed by atoms with Gasteiger partial charge in [-0.3, -0.25) is 0 Å². The second-order valence-electron chi connectivity index (χ2n) is 4.75. The molecule has 2 aromatic rings. The fourth-order valence-electron chi connectivity index (χ4n) is 1.97. The van der Waals surface area contributed by atoms with Crippen LogP contribution in [0.2, 0.25) is 0 Å². The first-order valence-corrected chi connectivity index (χ1v) is 7.94. The van der Waals surface area contributed by atoms with Gasteiger partial charge in [-0.15, -0.1) is 0 Å². The van der Waals surface area contributed by atoms with Gasteiger partial charge >= 0.3 is 0 Å². The van der Waals surface area contributed by atoms with Crippen LogP contribution in [0.3, 0.4) is 0 Å². The molecule has 2 rings (SSSR count). The van der Waals surface area contributed by atoms with E-state index in [0.717, 1.165) is 11.1 Å². The molecule has 0 unspecified atom stereocenters. The molecule has 0 fully saturated rings. The topological polar surface area (TPSA) is 72.2 Å². The fraction of sp³-hybridized carbons (Fsp3) is 0.200. The number of aryl methyl sites for hydroxylation is 1. The molecule has 0 aromatic heterocycles. The zero-order valence-electron chi connectivity index (χ0n) is 11.6. The molecule has 0 saturated heterocycles. The van der Waals surface area contributed by atoms with Crippen LogP contribution in [0.1, 0.15) is 16.7 Å². The van der Waals surface area contributed by atoms with Crippen molar-refractivity contribution in [2.75, 3.05) is 0 Å². The molecule has 0 bridgehead atoms. The fourth-order valence-corrected chi connectivity index (χ4v) is 3.08. The smallest absolute Gasteiger partial charge is 0.240 e. The minimum Gasteiger partial charge on any atom is -0.326 e. The predicted octanol–water partition coefficient (Wildman–Crippen LogP) is 2.07. The highest BCUT2D eigenvalue weighted by molar-refractivity contribution is 7.89. The summed E-state index contributed by atoms with van der Waals surface area (Å²) in [7, 11) is -3.63. The Labute approximate surface area is 123 Å². The van der Waals surface area contributed by atoms with E-state index < -0.39 is 15.8 Å². The van der Waals surface area contributed by atoms with Crippen LogP contribution in [0.5, 0.6) is 0 Å². The summed E-state index contributed by atoms with van der Waals surface area (Å²) in [4.78, 5) is 0.175. The first-order valence-electron chi connectivity index (χ1n) is 6.46. The van der Waals surface area contributed by atoms with E-state index >= 15 is 0 Å². The number of nitrogens with two attached hydrogens (primary N) is 1. The van der Waals surface area contributed by atoms with Crippen molar-refractivity contribution in [3.05, 3.63) is 65.0 Å². The lowest BCUT2D eigenvalue weighted by Crippen LogP contribution is -2.23. The van der Waals surface area contributed by atoms with Gasteiger partial charge in [0.25, 0.3) is 0 Å². The maximum absolute atomic E-state index is 13.1. The highest BCUT2D eigenvalue weighted by Gasteiger charge is 2.14. The minimum atomic E-state index is -3.63. The van der Waals surface area contributed by atoms with E-state index in [1.807, 2.05) is 6.92 Å². The van der Waals surface area contributed by atoms with Gasteiger partial charge in [-0.05, 0) is 47.9 Å². The van der Waals surface area contributed by atoms with Crippen molar-refractivity contribution in [3.8, 4) is 0 Å². The number of sulfonamides is 1. The quantitative estimate of drug-likeness (QED) is 0.888. The normalized spacial score (nSPS) is 11.6. The monoisotopic (exact) mass is 308 g/mol. The van der Waals surface area contributed by atoms with Gasteiger partial charge in [0.05, 0.1) is 4.90 Å². The number of nitrogens with one attached hydrogen (secondary N) is 1. The number of halogens is 1. The van der Waals surface area contributed by atoms with Crippen molar-refractivity contribution < 1.29 is 12.8 Å². The molecule has 2 aromatic carbocycles. The Morgan fingerprint density at radius 3 is 2.57 bits per heavy atom. The summed E-state index contributed by atoms with van der Waals surface area (Å²) < 4.78 is 39.9. The molecule has 112 valence electrons. The maximum atomic E-state index is 13.1. The average Bonchev–Trinajstić information content (AvgIpc) is 2.45. The van der Waals surface area contributed by atoms with Crippen LogP contribution < -0.4 is 10.5 Å². The standard InChI is InChI=1S/C15H17FN2O2S/c1-11-7-15(6-5-13(11)9-17)21(19,20)18-10-12-3-2-4-14(16)8-12/h2-8,18H,9-10,17H2,1H3. The van der Waals surface area contributed by atoms with E-state index in [4.69, 9.17) is 5.73 Å². The average molecular weight is 308 g/mol. The second kappa shape index (κ2) is 6.34. The summed E-state index contributed by atoms with van der Waals surface area (Å²) >= 11 is 0. The van der Waals surface area contributed by atoms with Gasteiger partial charge in [0.2, 0.25) is 10.0 Å². The van der Waals surface area contributed by atoms with Gasteiger partial charge in [0.1, 0.15) is 5.82 Å². The molecule has 21 heavy (non-hydrogen) atoms. The van der Waals surface area contributed by atoms with Crippen molar-refractivity contribution in [2.24, 2.45) is 5.73 Å². The predicted molar refractivity (Wildman–Crippen MR) is 79.5 cm³/mol. The number of benzene rings is 2. The molecule has 0 aliphatic carbocycles. The third kappa shape index (κ3) is 3.87.